The Labute approximate surface area is 202 Å². The number of carbonyl (C=O) groups excluding carboxylic acids is 1. The molecule has 0 fully saturated rings. The Balaban J connectivity index is 2.08. The SMILES string of the molecule is COC(=O)c1sc(C(O[SiH](c2ccccc2)c2ccccc2)C(C)(C)C)cc1/N=C/N(C)C. The van der Waals surface area contributed by atoms with Gasteiger partial charge in [-0.05, 0) is 21.9 Å². The van der Waals surface area contributed by atoms with E-state index in [1.54, 1.807) is 6.34 Å². The summed E-state index contributed by atoms with van der Waals surface area (Å²) in [5, 5.41) is 2.43. The fraction of sp³-hybridized carbons (Fsp3) is 0.308. The van der Waals surface area contributed by atoms with E-state index >= 15 is 0 Å². The minimum atomic E-state index is -2.00. The molecule has 0 radical (unpaired) electrons. The Bertz CT molecular complexity index is 1040. The number of benzene rings is 2. The summed E-state index contributed by atoms with van der Waals surface area (Å²) in [6.07, 6.45) is 1.47. The van der Waals surface area contributed by atoms with Crippen molar-refractivity contribution in [1.29, 1.82) is 0 Å². The number of hydrogen-bond donors (Lipinski definition) is 0. The second-order valence-corrected chi connectivity index (χ2v) is 12.6. The Morgan fingerprint density at radius 3 is 2.03 bits per heavy atom. The first-order valence-corrected chi connectivity index (χ1v) is 13.3. The third-order valence-electron chi connectivity index (χ3n) is 5.05. The average Bonchev–Trinajstić information content (AvgIpc) is 3.21. The van der Waals surface area contributed by atoms with Crippen molar-refractivity contribution in [3.63, 3.8) is 0 Å². The molecule has 1 atom stereocenters. The summed E-state index contributed by atoms with van der Waals surface area (Å²) in [4.78, 5) is 20.3. The van der Waals surface area contributed by atoms with Crippen LogP contribution in [-0.2, 0) is 9.16 Å². The number of nitrogens with zero attached hydrogens (tertiary/aromatic N) is 2. The van der Waals surface area contributed by atoms with Crippen LogP contribution in [0.4, 0.5) is 5.69 Å². The van der Waals surface area contributed by atoms with Gasteiger partial charge in [0.2, 0.25) is 9.04 Å². The van der Waals surface area contributed by atoms with Crippen LogP contribution in [0.5, 0.6) is 0 Å². The van der Waals surface area contributed by atoms with Crippen molar-refractivity contribution in [2.24, 2.45) is 10.4 Å². The number of rotatable bonds is 8. The standard InChI is InChI=1S/C26H32N2O3SSi/c1-26(2,3)24(22-17-21(27-18-28(4)5)23(32-22)25(29)30-6)31-33(19-13-9-7-10-14-19)20-15-11-8-12-16-20/h7-18,24,33H,1-6H3/b27-18+. The molecule has 33 heavy (non-hydrogen) atoms. The van der Waals surface area contributed by atoms with Gasteiger partial charge in [-0.3, -0.25) is 0 Å². The molecule has 5 nitrogen and oxygen atoms in total. The first-order valence-electron chi connectivity index (χ1n) is 10.9. The van der Waals surface area contributed by atoms with Gasteiger partial charge in [0.1, 0.15) is 4.88 Å². The molecule has 3 rings (SSSR count). The first-order chi connectivity index (χ1) is 15.7. The van der Waals surface area contributed by atoms with Crippen LogP contribution < -0.4 is 10.4 Å². The van der Waals surface area contributed by atoms with Crippen LogP contribution in [0.25, 0.3) is 0 Å². The van der Waals surface area contributed by atoms with Gasteiger partial charge in [-0.1, -0.05) is 81.4 Å². The topological polar surface area (TPSA) is 51.1 Å². The molecule has 0 saturated carbocycles. The van der Waals surface area contributed by atoms with Crippen LogP contribution in [0.1, 0.15) is 41.4 Å². The molecule has 0 spiro atoms. The molecule has 1 unspecified atom stereocenters. The van der Waals surface area contributed by atoms with Gasteiger partial charge in [0, 0.05) is 19.0 Å². The molecule has 1 heterocycles. The van der Waals surface area contributed by atoms with E-state index in [-0.39, 0.29) is 17.5 Å². The monoisotopic (exact) mass is 480 g/mol. The fourth-order valence-corrected chi connectivity index (χ4v) is 7.55. The van der Waals surface area contributed by atoms with Gasteiger partial charge in [-0.15, -0.1) is 11.3 Å². The lowest BCUT2D eigenvalue weighted by molar-refractivity contribution is 0.0607. The lowest BCUT2D eigenvalue weighted by Crippen LogP contribution is -2.47. The highest BCUT2D eigenvalue weighted by Crippen LogP contribution is 2.43. The van der Waals surface area contributed by atoms with E-state index in [0.717, 1.165) is 4.88 Å². The van der Waals surface area contributed by atoms with Crippen LogP contribution in [0.2, 0.25) is 0 Å². The van der Waals surface area contributed by atoms with Gasteiger partial charge in [-0.2, -0.15) is 0 Å². The quantitative estimate of drug-likeness (QED) is 0.208. The molecular weight excluding hydrogens is 448 g/mol. The van der Waals surface area contributed by atoms with E-state index in [4.69, 9.17) is 9.16 Å². The number of esters is 1. The molecule has 174 valence electrons. The largest absolute Gasteiger partial charge is 0.465 e. The maximum atomic E-state index is 12.5. The molecule has 0 N–H and O–H groups in total. The predicted octanol–water partition coefficient (Wildman–Crippen LogP) is 4.40. The summed E-state index contributed by atoms with van der Waals surface area (Å²) in [6, 6.07) is 22.8. The molecule has 0 saturated heterocycles. The minimum Gasteiger partial charge on any atom is -0.465 e. The first kappa shape index (κ1) is 24.9. The molecule has 0 amide bonds. The normalized spacial score (nSPS) is 12.8. The van der Waals surface area contributed by atoms with Crippen molar-refractivity contribution in [1.82, 2.24) is 4.90 Å². The van der Waals surface area contributed by atoms with E-state index in [2.05, 4.69) is 74.3 Å². The van der Waals surface area contributed by atoms with Gasteiger partial charge in [0.15, 0.2) is 0 Å². The highest BCUT2D eigenvalue weighted by atomic mass is 32.1. The molecule has 1 aromatic heterocycles. The maximum absolute atomic E-state index is 12.5. The van der Waals surface area contributed by atoms with E-state index in [1.165, 1.54) is 28.8 Å². The van der Waals surface area contributed by atoms with Crippen molar-refractivity contribution in [2.75, 3.05) is 21.2 Å². The van der Waals surface area contributed by atoms with Crippen LogP contribution >= 0.6 is 11.3 Å². The van der Waals surface area contributed by atoms with Gasteiger partial charge in [0.05, 0.1) is 25.2 Å². The second-order valence-electron chi connectivity index (χ2n) is 9.15. The Morgan fingerprint density at radius 2 is 1.58 bits per heavy atom. The summed E-state index contributed by atoms with van der Waals surface area (Å²) in [5.74, 6) is -0.385. The van der Waals surface area contributed by atoms with Gasteiger partial charge < -0.3 is 14.1 Å². The van der Waals surface area contributed by atoms with Crippen molar-refractivity contribution in [2.45, 2.75) is 26.9 Å². The van der Waals surface area contributed by atoms with Gasteiger partial charge in [0.25, 0.3) is 0 Å². The molecule has 2 aromatic carbocycles. The third kappa shape index (κ3) is 6.40. The van der Waals surface area contributed by atoms with Crippen LogP contribution in [0, 0.1) is 5.41 Å². The Kier molecular flexibility index (Phi) is 8.23. The van der Waals surface area contributed by atoms with Crippen LogP contribution in [0.3, 0.4) is 0 Å². The van der Waals surface area contributed by atoms with Crippen LogP contribution in [-0.4, -0.2) is 47.5 Å². The highest BCUT2D eigenvalue weighted by molar-refractivity contribution is 7.14. The lowest BCUT2D eigenvalue weighted by atomic mass is 9.88. The predicted molar refractivity (Wildman–Crippen MR) is 140 cm³/mol. The van der Waals surface area contributed by atoms with Crippen molar-refractivity contribution in [3.8, 4) is 0 Å². The summed E-state index contributed by atoms with van der Waals surface area (Å²) in [6.45, 7) is 6.50. The highest BCUT2D eigenvalue weighted by Gasteiger charge is 2.34. The summed E-state index contributed by atoms with van der Waals surface area (Å²) in [7, 11) is 3.18. The van der Waals surface area contributed by atoms with Crippen LogP contribution in [0.15, 0.2) is 71.7 Å². The minimum absolute atomic E-state index is 0.199. The van der Waals surface area contributed by atoms with Crippen molar-refractivity contribution < 1.29 is 14.0 Å². The van der Waals surface area contributed by atoms with E-state index in [1.807, 2.05) is 37.2 Å². The Hall–Kier alpha value is -2.74. The van der Waals surface area contributed by atoms with E-state index in [0.29, 0.717) is 10.6 Å². The molecule has 0 bridgehead atoms. The summed E-state index contributed by atoms with van der Waals surface area (Å²) < 4.78 is 12.0. The zero-order valence-electron chi connectivity index (χ0n) is 20.1. The molecular formula is C26H32N2O3SSi. The van der Waals surface area contributed by atoms with E-state index < -0.39 is 9.04 Å². The zero-order chi connectivity index (χ0) is 24.0. The van der Waals surface area contributed by atoms with Crippen molar-refractivity contribution >= 4 is 48.7 Å². The third-order valence-corrected chi connectivity index (χ3v) is 8.72. The summed E-state index contributed by atoms with van der Waals surface area (Å²) in [5.41, 5.74) is 0.404. The molecule has 7 heteroatoms. The smallest absolute Gasteiger partial charge is 0.350 e. The average molecular weight is 481 g/mol. The zero-order valence-corrected chi connectivity index (χ0v) is 22.1. The number of ether oxygens (including phenoxy) is 1. The molecule has 0 aliphatic carbocycles. The number of thiophene rings is 1. The molecule has 0 aliphatic heterocycles. The van der Waals surface area contributed by atoms with E-state index in [9.17, 15) is 4.79 Å². The molecule has 3 aromatic rings. The van der Waals surface area contributed by atoms with Gasteiger partial charge >= 0.3 is 5.97 Å². The lowest BCUT2D eigenvalue weighted by Gasteiger charge is -2.33. The van der Waals surface area contributed by atoms with Crippen molar-refractivity contribution in [3.05, 3.63) is 76.5 Å². The van der Waals surface area contributed by atoms with Gasteiger partial charge in [-0.25, -0.2) is 9.79 Å². The fourth-order valence-electron chi connectivity index (χ4n) is 3.48. The number of hydrogen-bond acceptors (Lipinski definition) is 5. The second kappa shape index (κ2) is 10.9. The maximum Gasteiger partial charge on any atom is 0.350 e. The number of methoxy groups -OCH3 is 1. The molecule has 0 aliphatic rings. The number of carbonyl (C=O) groups is 1. The summed E-state index contributed by atoms with van der Waals surface area (Å²) >= 11 is 1.40. The Morgan fingerprint density at radius 1 is 1.03 bits per heavy atom. The number of aliphatic imine (C=N–C) groups is 1.